The Bertz CT molecular complexity index is 558. The molecule has 19 heavy (non-hydrogen) atoms. The van der Waals surface area contributed by atoms with Crippen molar-refractivity contribution in [3.05, 3.63) is 34.3 Å². The molecule has 1 aliphatic rings. The van der Waals surface area contributed by atoms with E-state index < -0.39 is 20.5 Å². The average Bonchev–Trinajstić information content (AvgIpc) is 3.00. The minimum absolute atomic E-state index is 0.0828. The minimum Gasteiger partial charge on any atom is -0.384 e. The maximum atomic E-state index is 12.0. The first-order chi connectivity index (χ1) is 8.86. The predicted molar refractivity (Wildman–Crippen MR) is 78.9 cm³/mol. The largest absolute Gasteiger partial charge is 0.384 e. The van der Waals surface area contributed by atoms with Gasteiger partial charge in [-0.15, -0.1) is 0 Å². The van der Waals surface area contributed by atoms with Crippen LogP contribution in [0.2, 0.25) is 0 Å². The molecule has 0 aliphatic heterocycles. The molecule has 1 fully saturated rings. The van der Waals surface area contributed by atoms with Crippen LogP contribution in [0.25, 0.3) is 0 Å². The molecule has 0 spiro atoms. The quantitative estimate of drug-likeness (QED) is 0.877. The molecule has 2 rings (SSSR count). The highest BCUT2D eigenvalue weighted by molar-refractivity contribution is 9.10. The standard InChI is InChI=1S/C13H18BrNO3S/c1-18-8-13(7-15)11(12(13)19(2,16)17)9-3-5-10(14)6-4-9/h3-6,11-12H,7-8,15H2,1-2H3/t11-,12-,13+/m0/s1. The van der Waals surface area contributed by atoms with Gasteiger partial charge in [0.25, 0.3) is 0 Å². The number of rotatable bonds is 5. The van der Waals surface area contributed by atoms with Gasteiger partial charge in [-0.05, 0) is 17.7 Å². The van der Waals surface area contributed by atoms with Crippen molar-refractivity contribution in [2.45, 2.75) is 11.2 Å². The monoisotopic (exact) mass is 347 g/mol. The van der Waals surface area contributed by atoms with Crippen LogP contribution >= 0.6 is 15.9 Å². The first kappa shape index (κ1) is 15.0. The van der Waals surface area contributed by atoms with Crippen molar-refractivity contribution < 1.29 is 13.2 Å². The van der Waals surface area contributed by atoms with Gasteiger partial charge in [0, 0.05) is 35.7 Å². The van der Waals surface area contributed by atoms with Crippen molar-refractivity contribution in [2.75, 3.05) is 26.5 Å². The number of benzene rings is 1. The maximum absolute atomic E-state index is 12.0. The summed E-state index contributed by atoms with van der Waals surface area (Å²) in [6, 6.07) is 7.72. The van der Waals surface area contributed by atoms with Crippen LogP contribution in [0.3, 0.4) is 0 Å². The van der Waals surface area contributed by atoms with Crippen LogP contribution in [0.1, 0.15) is 11.5 Å². The summed E-state index contributed by atoms with van der Waals surface area (Å²) in [4.78, 5) is 0. The molecule has 6 heteroatoms. The molecule has 106 valence electrons. The van der Waals surface area contributed by atoms with E-state index in [9.17, 15) is 8.42 Å². The highest BCUT2D eigenvalue weighted by Crippen LogP contribution is 2.62. The van der Waals surface area contributed by atoms with Crippen molar-refractivity contribution in [3.63, 3.8) is 0 Å². The molecule has 4 nitrogen and oxygen atoms in total. The van der Waals surface area contributed by atoms with Gasteiger partial charge in [0.2, 0.25) is 0 Å². The zero-order chi connectivity index (χ0) is 14.3. The number of sulfone groups is 1. The van der Waals surface area contributed by atoms with Gasteiger partial charge in [0.05, 0.1) is 11.9 Å². The van der Waals surface area contributed by atoms with E-state index in [-0.39, 0.29) is 5.92 Å². The second-order valence-corrected chi connectivity index (χ2v) is 8.23. The fraction of sp³-hybridized carbons (Fsp3) is 0.538. The van der Waals surface area contributed by atoms with Crippen LogP contribution in [0, 0.1) is 5.41 Å². The third-order valence-corrected chi connectivity index (χ3v) is 6.06. The molecule has 0 amide bonds. The number of halogens is 1. The summed E-state index contributed by atoms with van der Waals surface area (Å²) in [7, 11) is -1.57. The Morgan fingerprint density at radius 2 is 1.95 bits per heavy atom. The molecule has 0 saturated heterocycles. The predicted octanol–water partition coefficient (Wildman–Crippen LogP) is 1.55. The normalized spacial score (nSPS) is 30.3. The molecular formula is C13H18BrNO3S. The summed E-state index contributed by atoms with van der Waals surface area (Å²) in [5.41, 5.74) is 6.36. The number of hydrogen-bond donors (Lipinski definition) is 1. The fourth-order valence-corrected chi connectivity index (χ4v) is 5.32. The van der Waals surface area contributed by atoms with Crippen molar-refractivity contribution in [1.29, 1.82) is 0 Å². The first-order valence-corrected chi connectivity index (χ1v) is 8.75. The Hall–Kier alpha value is -0.430. The van der Waals surface area contributed by atoms with Crippen molar-refractivity contribution >= 4 is 25.8 Å². The Balaban J connectivity index is 2.40. The summed E-state index contributed by atoms with van der Waals surface area (Å²) in [6.45, 7) is 0.668. The summed E-state index contributed by atoms with van der Waals surface area (Å²) in [5.74, 6) is -0.0828. The SMILES string of the molecule is COC[C@]1(CN)[C@@H](c2ccc(Br)cc2)[C@@H]1S(C)(=O)=O. The molecule has 1 saturated carbocycles. The number of hydrogen-bond acceptors (Lipinski definition) is 4. The second-order valence-electron chi connectivity index (χ2n) is 5.15. The van der Waals surface area contributed by atoms with Gasteiger partial charge in [-0.25, -0.2) is 8.42 Å². The molecule has 1 aromatic carbocycles. The van der Waals surface area contributed by atoms with E-state index in [1.54, 1.807) is 7.11 Å². The highest BCUT2D eigenvalue weighted by atomic mass is 79.9. The molecule has 0 bridgehead atoms. The lowest BCUT2D eigenvalue weighted by atomic mass is 10.0. The van der Waals surface area contributed by atoms with E-state index in [2.05, 4.69) is 15.9 Å². The van der Waals surface area contributed by atoms with Gasteiger partial charge >= 0.3 is 0 Å². The van der Waals surface area contributed by atoms with E-state index in [4.69, 9.17) is 10.5 Å². The van der Waals surface area contributed by atoms with E-state index in [1.807, 2.05) is 24.3 Å². The Labute approximate surface area is 122 Å². The molecular weight excluding hydrogens is 330 g/mol. The minimum atomic E-state index is -3.15. The highest BCUT2D eigenvalue weighted by Gasteiger charge is 2.69. The van der Waals surface area contributed by atoms with E-state index in [0.717, 1.165) is 10.0 Å². The fourth-order valence-electron chi connectivity index (χ4n) is 3.05. The van der Waals surface area contributed by atoms with Crippen LogP contribution in [0.5, 0.6) is 0 Å². The van der Waals surface area contributed by atoms with Crippen molar-refractivity contribution in [3.8, 4) is 0 Å². The zero-order valence-electron chi connectivity index (χ0n) is 11.0. The van der Waals surface area contributed by atoms with Crippen LogP contribution < -0.4 is 5.73 Å². The lowest BCUT2D eigenvalue weighted by molar-refractivity contribution is 0.142. The molecule has 1 aliphatic carbocycles. The maximum Gasteiger partial charge on any atom is 0.151 e. The second kappa shape index (κ2) is 5.16. The summed E-state index contributed by atoms with van der Waals surface area (Å²) >= 11 is 3.38. The first-order valence-electron chi connectivity index (χ1n) is 6.00. The summed E-state index contributed by atoms with van der Waals surface area (Å²) < 4.78 is 30.1. The molecule has 0 radical (unpaired) electrons. The van der Waals surface area contributed by atoms with Crippen LogP contribution in [-0.4, -0.2) is 40.2 Å². The van der Waals surface area contributed by atoms with E-state index in [1.165, 1.54) is 6.26 Å². The lowest BCUT2D eigenvalue weighted by Gasteiger charge is -2.14. The van der Waals surface area contributed by atoms with Crippen molar-refractivity contribution in [1.82, 2.24) is 0 Å². The summed E-state index contributed by atoms with van der Waals surface area (Å²) in [5, 5.41) is -0.453. The molecule has 0 aromatic heterocycles. The molecule has 2 N–H and O–H groups in total. The van der Waals surface area contributed by atoms with Gasteiger partial charge in [-0.1, -0.05) is 28.1 Å². The molecule has 0 unspecified atom stereocenters. The van der Waals surface area contributed by atoms with E-state index in [0.29, 0.717) is 13.2 Å². The van der Waals surface area contributed by atoms with Gasteiger partial charge in [-0.2, -0.15) is 0 Å². The van der Waals surface area contributed by atoms with E-state index >= 15 is 0 Å². The Kier molecular flexibility index (Phi) is 4.07. The number of nitrogens with two attached hydrogens (primary N) is 1. The third kappa shape index (κ3) is 2.59. The zero-order valence-corrected chi connectivity index (χ0v) is 13.4. The molecule has 3 atom stereocenters. The van der Waals surface area contributed by atoms with Gasteiger partial charge in [-0.3, -0.25) is 0 Å². The smallest absolute Gasteiger partial charge is 0.151 e. The lowest BCUT2D eigenvalue weighted by Crippen LogP contribution is -2.28. The Morgan fingerprint density at radius 1 is 1.37 bits per heavy atom. The van der Waals surface area contributed by atoms with Gasteiger partial charge in [0.15, 0.2) is 9.84 Å². The molecule has 0 heterocycles. The number of ether oxygens (including phenoxy) is 1. The molecule has 1 aromatic rings. The van der Waals surface area contributed by atoms with Gasteiger partial charge < -0.3 is 10.5 Å². The van der Waals surface area contributed by atoms with Crippen LogP contribution in [0.15, 0.2) is 28.7 Å². The topological polar surface area (TPSA) is 69.4 Å². The third-order valence-electron chi connectivity index (χ3n) is 3.86. The van der Waals surface area contributed by atoms with Gasteiger partial charge in [0.1, 0.15) is 0 Å². The Morgan fingerprint density at radius 3 is 2.37 bits per heavy atom. The van der Waals surface area contributed by atoms with Crippen LogP contribution in [0.4, 0.5) is 0 Å². The van der Waals surface area contributed by atoms with Crippen molar-refractivity contribution in [2.24, 2.45) is 11.1 Å². The number of methoxy groups -OCH3 is 1. The average molecular weight is 348 g/mol. The van der Waals surface area contributed by atoms with Crippen LogP contribution in [-0.2, 0) is 14.6 Å². The summed E-state index contributed by atoms with van der Waals surface area (Å²) in [6.07, 6.45) is 1.27.